The first kappa shape index (κ1) is 9.02. The minimum absolute atomic E-state index is 0.382. The number of nitrogens with one attached hydrogen (secondary N) is 1. The molecule has 0 saturated carbocycles. The Hall–Kier alpha value is -1.55. The predicted molar refractivity (Wildman–Crippen MR) is 55.8 cm³/mol. The van der Waals surface area contributed by atoms with E-state index in [-0.39, 0.29) is 0 Å². The summed E-state index contributed by atoms with van der Waals surface area (Å²) in [5, 5.41) is 10.7. The normalized spacial score (nSPS) is 10.4. The van der Waals surface area contributed by atoms with Crippen LogP contribution in [-0.4, -0.2) is 16.1 Å². The maximum absolute atomic E-state index is 10.9. The number of hydrogen-bond acceptors (Lipinski definition) is 2. The number of thiophene rings is 1. The van der Waals surface area contributed by atoms with Gasteiger partial charge in [-0.3, -0.25) is 0 Å². The highest BCUT2D eigenvalue weighted by molar-refractivity contribution is 7.10. The Morgan fingerprint density at radius 2 is 2.36 bits per heavy atom. The molecule has 0 saturated heterocycles. The van der Waals surface area contributed by atoms with Gasteiger partial charge in [-0.1, -0.05) is 0 Å². The number of H-pyrrole nitrogens is 1. The fourth-order valence-corrected chi connectivity index (χ4v) is 2.31. The fourth-order valence-electron chi connectivity index (χ4n) is 1.45. The quantitative estimate of drug-likeness (QED) is 0.795. The number of carboxylic acid groups (broad SMARTS) is 1. The van der Waals surface area contributed by atoms with Crippen molar-refractivity contribution in [2.45, 2.75) is 6.92 Å². The molecule has 0 atom stereocenters. The van der Waals surface area contributed by atoms with E-state index in [9.17, 15) is 4.79 Å². The van der Waals surface area contributed by atoms with Crippen molar-refractivity contribution in [3.63, 3.8) is 0 Å². The fraction of sp³-hybridized carbons (Fsp3) is 0.100. The number of aromatic carboxylic acids is 1. The van der Waals surface area contributed by atoms with Crippen molar-refractivity contribution in [1.82, 2.24) is 4.98 Å². The molecule has 0 bridgehead atoms. The highest BCUT2D eigenvalue weighted by Gasteiger charge is 2.16. The highest BCUT2D eigenvalue weighted by Crippen LogP contribution is 2.31. The van der Waals surface area contributed by atoms with Gasteiger partial charge in [0.05, 0.1) is 5.56 Å². The average molecular weight is 207 g/mol. The number of rotatable bonds is 2. The average Bonchev–Trinajstić information content (AvgIpc) is 2.71. The number of aromatic nitrogens is 1. The summed E-state index contributed by atoms with van der Waals surface area (Å²) < 4.78 is 0. The van der Waals surface area contributed by atoms with E-state index in [1.54, 1.807) is 11.6 Å². The van der Waals surface area contributed by atoms with Gasteiger partial charge < -0.3 is 10.1 Å². The first-order valence-electron chi connectivity index (χ1n) is 4.14. The molecule has 0 aromatic carbocycles. The van der Waals surface area contributed by atoms with Crippen molar-refractivity contribution in [3.8, 4) is 11.1 Å². The SMILES string of the molecule is Cc1scc(C(=O)O)c1-c1cc[nH]c1. The van der Waals surface area contributed by atoms with Crippen LogP contribution in [0.4, 0.5) is 0 Å². The van der Waals surface area contributed by atoms with Gasteiger partial charge in [-0.2, -0.15) is 0 Å². The van der Waals surface area contributed by atoms with Crippen molar-refractivity contribution in [1.29, 1.82) is 0 Å². The van der Waals surface area contributed by atoms with Gasteiger partial charge in [-0.05, 0) is 13.0 Å². The van der Waals surface area contributed by atoms with E-state index in [2.05, 4.69) is 4.98 Å². The molecule has 0 aliphatic rings. The van der Waals surface area contributed by atoms with Gasteiger partial charge >= 0.3 is 5.97 Å². The van der Waals surface area contributed by atoms with Crippen LogP contribution in [0.5, 0.6) is 0 Å². The summed E-state index contributed by atoms with van der Waals surface area (Å²) in [4.78, 5) is 14.9. The lowest BCUT2D eigenvalue weighted by Crippen LogP contribution is -1.95. The third-order valence-corrected chi connectivity index (χ3v) is 3.00. The van der Waals surface area contributed by atoms with Gasteiger partial charge in [-0.25, -0.2) is 4.79 Å². The molecule has 3 nitrogen and oxygen atoms in total. The topological polar surface area (TPSA) is 53.1 Å². The molecule has 0 aliphatic carbocycles. The van der Waals surface area contributed by atoms with Gasteiger partial charge in [0.1, 0.15) is 0 Å². The first-order valence-corrected chi connectivity index (χ1v) is 5.02. The zero-order valence-corrected chi connectivity index (χ0v) is 8.39. The lowest BCUT2D eigenvalue weighted by molar-refractivity contribution is 0.0698. The van der Waals surface area contributed by atoms with Gasteiger partial charge in [0.15, 0.2) is 0 Å². The van der Waals surface area contributed by atoms with Crippen LogP contribution in [0.3, 0.4) is 0 Å². The van der Waals surface area contributed by atoms with Crippen molar-refractivity contribution in [2.24, 2.45) is 0 Å². The Labute approximate surface area is 85.0 Å². The molecule has 2 N–H and O–H groups in total. The van der Waals surface area contributed by atoms with Gasteiger partial charge in [0, 0.05) is 33.8 Å². The monoisotopic (exact) mass is 207 g/mol. The lowest BCUT2D eigenvalue weighted by Gasteiger charge is -1.98. The largest absolute Gasteiger partial charge is 0.478 e. The smallest absolute Gasteiger partial charge is 0.337 e. The van der Waals surface area contributed by atoms with E-state index in [0.717, 1.165) is 16.0 Å². The van der Waals surface area contributed by atoms with Crippen LogP contribution in [0, 0.1) is 6.92 Å². The molecule has 0 fully saturated rings. The number of hydrogen-bond donors (Lipinski definition) is 2. The molecule has 0 radical (unpaired) electrons. The van der Waals surface area contributed by atoms with Crippen molar-refractivity contribution >= 4 is 17.3 Å². The van der Waals surface area contributed by atoms with Crippen LogP contribution in [0.25, 0.3) is 11.1 Å². The van der Waals surface area contributed by atoms with E-state index in [1.165, 1.54) is 11.3 Å². The van der Waals surface area contributed by atoms with Crippen LogP contribution in [0.2, 0.25) is 0 Å². The molecule has 2 aromatic rings. The summed E-state index contributed by atoms with van der Waals surface area (Å²) in [7, 11) is 0. The van der Waals surface area contributed by atoms with Crippen LogP contribution >= 0.6 is 11.3 Å². The number of carbonyl (C=O) groups is 1. The second-order valence-electron chi connectivity index (χ2n) is 2.99. The van der Waals surface area contributed by atoms with E-state index in [0.29, 0.717) is 5.56 Å². The molecule has 2 aromatic heterocycles. The molecule has 0 unspecified atom stereocenters. The van der Waals surface area contributed by atoms with Gasteiger partial charge in [0.2, 0.25) is 0 Å². The van der Waals surface area contributed by atoms with Gasteiger partial charge in [-0.15, -0.1) is 11.3 Å². The number of aryl methyl sites for hydroxylation is 1. The summed E-state index contributed by atoms with van der Waals surface area (Å²) in [5.41, 5.74) is 2.14. The lowest BCUT2D eigenvalue weighted by atomic mass is 10.1. The van der Waals surface area contributed by atoms with Crippen molar-refractivity contribution in [3.05, 3.63) is 34.3 Å². The van der Waals surface area contributed by atoms with E-state index >= 15 is 0 Å². The molecule has 0 amide bonds. The maximum Gasteiger partial charge on any atom is 0.337 e. The highest BCUT2D eigenvalue weighted by atomic mass is 32.1. The minimum Gasteiger partial charge on any atom is -0.478 e. The van der Waals surface area contributed by atoms with Crippen LogP contribution < -0.4 is 0 Å². The predicted octanol–water partition coefficient (Wildman–Crippen LogP) is 2.75. The number of carboxylic acids is 1. The molecule has 14 heavy (non-hydrogen) atoms. The molecule has 0 aliphatic heterocycles. The molecule has 72 valence electrons. The Morgan fingerprint density at radius 1 is 1.57 bits per heavy atom. The zero-order chi connectivity index (χ0) is 10.1. The summed E-state index contributed by atoms with van der Waals surface area (Å²) in [6, 6.07) is 1.88. The third kappa shape index (κ3) is 1.33. The van der Waals surface area contributed by atoms with E-state index < -0.39 is 5.97 Å². The Kier molecular flexibility index (Phi) is 2.13. The Balaban J connectivity index is 2.62. The molecule has 4 heteroatoms. The summed E-state index contributed by atoms with van der Waals surface area (Å²) in [5.74, 6) is -0.870. The van der Waals surface area contributed by atoms with Gasteiger partial charge in [0.25, 0.3) is 0 Å². The summed E-state index contributed by atoms with van der Waals surface area (Å²) in [6.07, 6.45) is 3.60. The van der Waals surface area contributed by atoms with Crippen molar-refractivity contribution < 1.29 is 9.90 Å². The Bertz CT molecular complexity index is 456. The van der Waals surface area contributed by atoms with E-state index in [1.807, 2.05) is 19.2 Å². The molecule has 2 rings (SSSR count). The molecular weight excluding hydrogens is 198 g/mol. The summed E-state index contributed by atoms with van der Waals surface area (Å²) in [6.45, 7) is 1.93. The molecular formula is C10H9NO2S. The summed E-state index contributed by atoms with van der Waals surface area (Å²) >= 11 is 1.46. The second kappa shape index (κ2) is 3.31. The maximum atomic E-state index is 10.9. The van der Waals surface area contributed by atoms with Crippen LogP contribution in [0.1, 0.15) is 15.2 Å². The third-order valence-electron chi connectivity index (χ3n) is 2.09. The standard InChI is InChI=1S/C10H9NO2S/c1-6-9(7-2-3-11-4-7)8(5-14-6)10(12)13/h2-5,11H,1H3,(H,12,13). The Morgan fingerprint density at radius 3 is 2.93 bits per heavy atom. The first-order chi connectivity index (χ1) is 6.70. The zero-order valence-electron chi connectivity index (χ0n) is 7.57. The number of aromatic amines is 1. The minimum atomic E-state index is -0.870. The second-order valence-corrected chi connectivity index (χ2v) is 4.07. The van der Waals surface area contributed by atoms with Crippen molar-refractivity contribution in [2.75, 3.05) is 0 Å². The molecule has 0 spiro atoms. The molecule has 2 heterocycles. The van der Waals surface area contributed by atoms with Crippen LogP contribution in [0.15, 0.2) is 23.8 Å². The van der Waals surface area contributed by atoms with Crippen LogP contribution in [-0.2, 0) is 0 Å². The van der Waals surface area contributed by atoms with E-state index in [4.69, 9.17) is 5.11 Å².